The smallest absolute Gasteiger partial charge is 0.254 e. The van der Waals surface area contributed by atoms with Crippen LogP contribution in [0.15, 0.2) is 48.5 Å². The average Bonchev–Trinajstić information content (AvgIpc) is 2.79. The molecule has 160 valence electrons. The summed E-state index contributed by atoms with van der Waals surface area (Å²) >= 11 is 0. The normalized spacial score (nSPS) is 14.1. The van der Waals surface area contributed by atoms with Crippen molar-refractivity contribution in [2.75, 3.05) is 33.9 Å². The lowest BCUT2D eigenvalue weighted by atomic mass is 10.0. The summed E-state index contributed by atoms with van der Waals surface area (Å²) in [4.78, 5) is 26.8. The second kappa shape index (κ2) is 10.5. The number of hydrogen-bond donors (Lipinski definition) is 1. The third-order valence-corrected chi connectivity index (χ3v) is 5.09. The number of benzene rings is 2. The van der Waals surface area contributed by atoms with Crippen LogP contribution in [0.5, 0.6) is 17.2 Å². The van der Waals surface area contributed by atoms with Crippen LogP contribution in [0.2, 0.25) is 0 Å². The van der Waals surface area contributed by atoms with E-state index in [4.69, 9.17) is 14.2 Å². The molecule has 7 nitrogen and oxygen atoms in total. The van der Waals surface area contributed by atoms with Gasteiger partial charge in [0.15, 0.2) is 0 Å². The minimum absolute atomic E-state index is 0.0340. The van der Waals surface area contributed by atoms with E-state index in [1.54, 1.807) is 37.3 Å². The summed E-state index contributed by atoms with van der Waals surface area (Å²) in [6.07, 6.45) is 1.74. The van der Waals surface area contributed by atoms with Crippen LogP contribution in [-0.2, 0) is 4.79 Å². The summed E-state index contributed by atoms with van der Waals surface area (Å²) < 4.78 is 16.1. The van der Waals surface area contributed by atoms with Gasteiger partial charge in [0.1, 0.15) is 17.2 Å². The van der Waals surface area contributed by atoms with Crippen molar-refractivity contribution in [3.63, 3.8) is 0 Å². The van der Waals surface area contributed by atoms with Gasteiger partial charge in [-0.05, 0) is 37.1 Å². The first-order valence-corrected chi connectivity index (χ1v) is 10.1. The molecule has 0 unspecified atom stereocenters. The van der Waals surface area contributed by atoms with E-state index >= 15 is 0 Å². The van der Waals surface area contributed by atoms with Gasteiger partial charge in [0, 0.05) is 30.8 Å². The van der Waals surface area contributed by atoms with Crippen molar-refractivity contribution in [3.05, 3.63) is 54.1 Å². The fraction of sp³-hybridized carbons (Fsp3) is 0.391. The number of hydrogen-bond acceptors (Lipinski definition) is 5. The van der Waals surface area contributed by atoms with Gasteiger partial charge in [0.25, 0.3) is 5.91 Å². The van der Waals surface area contributed by atoms with Crippen LogP contribution in [-0.4, -0.2) is 56.7 Å². The first-order chi connectivity index (χ1) is 14.6. The third-order valence-electron chi connectivity index (χ3n) is 5.09. The molecule has 1 fully saturated rings. The standard InChI is InChI=1S/C23H28N2O5/c1-28-20-14-17(15-21(16-20)29-2)23(27)25-11-8-18(9-12-25)24-22(26)10-13-30-19-6-4-3-5-7-19/h3-7,14-16,18H,8-13H2,1-2H3,(H,24,26). The molecule has 1 aliphatic heterocycles. The van der Waals surface area contributed by atoms with Gasteiger partial charge in [0.05, 0.1) is 27.2 Å². The van der Waals surface area contributed by atoms with E-state index in [2.05, 4.69) is 5.32 Å². The monoisotopic (exact) mass is 412 g/mol. The molecule has 7 heteroatoms. The number of carbonyl (C=O) groups is 2. The minimum atomic E-state index is -0.0618. The van der Waals surface area contributed by atoms with Gasteiger partial charge in [-0.3, -0.25) is 9.59 Å². The highest BCUT2D eigenvalue weighted by molar-refractivity contribution is 5.95. The van der Waals surface area contributed by atoms with Crippen molar-refractivity contribution in [3.8, 4) is 17.2 Å². The highest BCUT2D eigenvalue weighted by Gasteiger charge is 2.25. The number of piperidine rings is 1. The molecule has 1 N–H and O–H groups in total. The number of rotatable bonds is 8. The van der Waals surface area contributed by atoms with E-state index < -0.39 is 0 Å². The number of nitrogens with zero attached hydrogens (tertiary/aromatic N) is 1. The number of methoxy groups -OCH3 is 2. The van der Waals surface area contributed by atoms with E-state index in [0.29, 0.717) is 43.2 Å². The molecule has 0 spiro atoms. The molecular weight excluding hydrogens is 384 g/mol. The van der Waals surface area contributed by atoms with Crippen LogP contribution in [0.4, 0.5) is 0 Å². The minimum Gasteiger partial charge on any atom is -0.497 e. The quantitative estimate of drug-likeness (QED) is 0.721. The summed E-state index contributed by atoms with van der Waals surface area (Å²) in [5.74, 6) is 1.82. The predicted octanol–water partition coefficient (Wildman–Crippen LogP) is 2.89. The Labute approximate surface area is 176 Å². The molecule has 0 aliphatic carbocycles. The molecule has 0 radical (unpaired) electrons. The Morgan fingerprint density at radius 2 is 1.60 bits per heavy atom. The zero-order chi connectivity index (χ0) is 21.3. The lowest BCUT2D eigenvalue weighted by Crippen LogP contribution is -2.46. The van der Waals surface area contributed by atoms with Gasteiger partial charge >= 0.3 is 0 Å². The van der Waals surface area contributed by atoms with Crippen LogP contribution in [0.1, 0.15) is 29.6 Å². The average molecular weight is 412 g/mol. The van der Waals surface area contributed by atoms with Gasteiger partial charge in [-0.1, -0.05) is 18.2 Å². The first-order valence-electron chi connectivity index (χ1n) is 10.1. The van der Waals surface area contributed by atoms with Crippen molar-refractivity contribution in [1.29, 1.82) is 0 Å². The lowest BCUT2D eigenvalue weighted by Gasteiger charge is -2.32. The SMILES string of the molecule is COc1cc(OC)cc(C(=O)N2CCC(NC(=O)CCOc3ccccc3)CC2)c1. The number of carbonyl (C=O) groups excluding carboxylic acids is 2. The van der Waals surface area contributed by atoms with Gasteiger partial charge in [0.2, 0.25) is 5.91 Å². The highest BCUT2D eigenvalue weighted by atomic mass is 16.5. The van der Waals surface area contributed by atoms with Gasteiger partial charge in [-0.15, -0.1) is 0 Å². The topological polar surface area (TPSA) is 77.1 Å². The number of nitrogens with one attached hydrogen (secondary N) is 1. The number of ether oxygens (including phenoxy) is 3. The van der Waals surface area contributed by atoms with Crippen molar-refractivity contribution >= 4 is 11.8 Å². The van der Waals surface area contributed by atoms with Gasteiger partial charge < -0.3 is 24.4 Å². The molecule has 0 atom stereocenters. The lowest BCUT2D eigenvalue weighted by molar-refractivity contribution is -0.122. The van der Waals surface area contributed by atoms with E-state index in [1.165, 1.54) is 0 Å². The predicted molar refractivity (Wildman–Crippen MR) is 113 cm³/mol. The zero-order valence-corrected chi connectivity index (χ0v) is 17.4. The molecule has 2 aromatic rings. The first kappa shape index (κ1) is 21.5. The zero-order valence-electron chi connectivity index (χ0n) is 17.4. The molecule has 0 aromatic heterocycles. The Bertz CT molecular complexity index is 826. The third kappa shape index (κ3) is 5.89. The van der Waals surface area contributed by atoms with Gasteiger partial charge in [-0.2, -0.15) is 0 Å². The van der Waals surface area contributed by atoms with E-state index in [9.17, 15) is 9.59 Å². The summed E-state index contributed by atoms with van der Waals surface area (Å²) in [5.41, 5.74) is 0.534. The Balaban J connectivity index is 1.44. The highest BCUT2D eigenvalue weighted by Crippen LogP contribution is 2.24. The second-order valence-corrected chi connectivity index (χ2v) is 7.15. The molecule has 1 saturated heterocycles. The number of amides is 2. The molecule has 0 bridgehead atoms. The summed E-state index contributed by atoms with van der Waals surface area (Å²) in [6.45, 7) is 1.51. The maximum Gasteiger partial charge on any atom is 0.254 e. The molecule has 2 aromatic carbocycles. The molecule has 1 heterocycles. The molecule has 0 saturated carbocycles. The Morgan fingerprint density at radius 1 is 0.967 bits per heavy atom. The maximum absolute atomic E-state index is 12.9. The molecule has 2 amide bonds. The van der Waals surface area contributed by atoms with Crippen molar-refractivity contribution in [2.24, 2.45) is 0 Å². The fourth-order valence-electron chi connectivity index (χ4n) is 3.42. The van der Waals surface area contributed by atoms with Crippen LogP contribution in [0.25, 0.3) is 0 Å². The largest absolute Gasteiger partial charge is 0.497 e. The molecule has 1 aliphatic rings. The summed E-state index contributed by atoms with van der Waals surface area (Å²) in [6, 6.07) is 14.7. The fourth-order valence-corrected chi connectivity index (χ4v) is 3.42. The maximum atomic E-state index is 12.9. The Kier molecular flexibility index (Phi) is 7.54. The Hall–Kier alpha value is -3.22. The second-order valence-electron chi connectivity index (χ2n) is 7.15. The van der Waals surface area contributed by atoms with Crippen LogP contribution in [0.3, 0.4) is 0 Å². The van der Waals surface area contributed by atoms with Crippen LogP contribution in [0, 0.1) is 0 Å². The van der Waals surface area contributed by atoms with Crippen molar-refractivity contribution < 1.29 is 23.8 Å². The molecule has 30 heavy (non-hydrogen) atoms. The van der Waals surface area contributed by atoms with Crippen LogP contribution >= 0.6 is 0 Å². The molecule has 3 rings (SSSR count). The van der Waals surface area contributed by atoms with E-state index in [0.717, 1.165) is 18.6 Å². The van der Waals surface area contributed by atoms with Crippen molar-refractivity contribution in [2.45, 2.75) is 25.3 Å². The summed E-state index contributed by atoms with van der Waals surface area (Å²) in [7, 11) is 3.12. The molecular formula is C23H28N2O5. The Morgan fingerprint density at radius 3 is 2.20 bits per heavy atom. The summed E-state index contributed by atoms with van der Waals surface area (Å²) in [5, 5.41) is 3.04. The van der Waals surface area contributed by atoms with Crippen LogP contribution < -0.4 is 19.5 Å². The van der Waals surface area contributed by atoms with E-state index in [1.807, 2.05) is 30.3 Å². The number of likely N-dealkylation sites (tertiary alicyclic amines) is 1. The van der Waals surface area contributed by atoms with Gasteiger partial charge in [-0.25, -0.2) is 0 Å². The van der Waals surface area contributed by atoms with E-state index in [-0.39, 0.29) is 17.9 Å². The number of para-hydroxylation sites is 1. The van der Waals surface area contributed by atoms with Crippen molar-refractivity contribution in [1.82, 2.24) is 10.2 Å².